The van der Waals surface area contributed by atoms with Gasteiger partial charge in [0, 0.05) is 44.6 Å². The van der Waals surface area contributed by atoms with Gasteiger partial charge in [0.25, 0.3) is 0 Å². The second kappa shape index (κ2) is 51.4. The van der Waals surface area contributed by atoms with E-state index in [4.69, 9.17) is 57.3 Å². The Bertz CT molecular complexity index is 3530. The first kappa shape index (κ1) is 96.9. The zero-order valence-electron chi connectivity index (χ0n) is 67.8. The number of phenols is 1. The summed E-state index contributed by atoms with van der Waals surface area (Å²) in [6, 6.07) is 1.64. The third-order valence-corrected chi connectivity index (χ3v) is 20.3. The maximum atomic E-state index is 15.1. The number of primary amides is 1. The number of hydrogen-bond donors (Lipinski definition) is 21. The van der Waals surface area contributed by atoms with Crippen molar-refractivity contribution in [1.82, 2.24) is 58.1 Å². The van der Waals surface area contributed by atoms with E-state index in [1.165, 1.54) is 17.0 Å². The highest BCUT2D eigenvalue weighted by Crippen LogP contribution is 2.27. The number of nitrogens with one attached hydrogen (secondary N) is 10. The zero-order chi connectivity index (χ0) is 85.3. The molecule has 0 unspecified atom stereocenters. The molecular weight excluding hydrogens is 1480 g/mol. The second-order valence-corrected chi connectivity index (χ2v) is 30.9. The summed E-state index contributed by atoms with van der Waals surface area (Å²) in [6.07, 6.45) is 5.34. The molecule has 1 saturated carbocycles. The molecule has 642 valence electrons. The van der Waals surface area contributed by atoms with Crippen molar-refractivity contribution in [3.8, 4) is 5.75 Å². The van der Waals surface area contributed by atoms with Gasteiger partial charge in [0.05, 0.1) is 6.04 Å². The summed E-state index contributed by atoms with van der Waals surface area (Å²) >= 11 is 0. The topological polar surface area (TPSA) is 646 Å². The highest BCUT2D eigenvalue weighted by atomic mass is 16.3. The number of unbranched alkanes of at least 4 members (excludes halogenated alkanes) is 2. The van der Waals surface area contributed by atoms with Crippen LogP contribution in [-0.4, -0.2) is 211 Å². The zero-order valence-corrected chi connectivity index (χ0v) is 67.8. The molecule has 37 nitrogen and oxygen atoms in total. The third-order valence-electron chi connectivity index (χ3n) is 20.3. The third kappa shape index (κ3) is 35.9. The van der Waals surface area contributed by atoms with E-state index in [1.54, 1.807) is 56.3 Å². The highest BCUT2D eigenvalue weighted by molar-refractivity contribution is 5.99. The molecule has 1 aliphatic carbocycles. The number of carbonyl (C=O) groups excluding carboxylic acids is 12. The van der Waals surface area contributed by atoms with Crippen LogP contribution >= 0.6 is 0 Å². The van der Waals surface area contributed by atoms with Gasteiger partial charge in [-0.1, -0.05) is 90.4 Å². The van der Waals surface area contributed by atoms with Crippen LogP contribution in [0, 0.1) is 23.7 Å². The molecule has 4 rings (SSSR count). The molecule has 31 N–H and O–H groups in total. The molecule has 2 aromatic rings. The molecule has 2 aliphatic rings. The minimum absolute atomic E-state index is 0.00542. The van der Waals surface area contributed by atoms with Crippen LogP contribution in [-0.2, 0) is 70.4 Å². The maximum Gasteiger partial charge on any atom is 0.245 e. The maximum absolute atomic E-state index is 15.1. The Morgan fingerprint density at radius 2 is 0.870 bits per heavy atom. The Morgan fingerprint density at radius 3 is 1.35 bits per heavy atom. The van der Waals surface area contributed by atoms with E-state index in [1.807, 2.05) is 27.7 Å². The summed E-state index contributed by atoms with van der Waals surface area (Å²) in [5, 5.41) is 38.0. The number of nitrogens with two attached hydrogens (primary N) is 10. The summed E-state index contributed by atoms with van der Waals surface area (Å²) in [5.41, 5.74) is 58.9. The molecule has 1 aliphatic heterocycles. The lowest BCUT2D eigenvalue weighted by atomic mass is 9.85. The number of hydrogen-bond acceptors (Lipinski definition) is 19. The van der Waals surface area contributed by atoms with Gasteiger partial charge in [-0.05, 0) is 189 Å². The van der Waals surface area contributed by atoms with Crippen LogP contribution in [0.3, 0.4) is 0 Å². The van der Waals surface area contributed by atoms with Crippen molar-refractivity contribution in [1.29, 1.82) is 0 Å². The van der Waals surface area contributed by atoms with Gasteiger partial charge in [-0.2, -0.15) is 0 Å². The predicted octanol–water partition coefficient (Wildman–Crippen LogP) is -2.42. The van der Waals surface area contributed by atoms with E-state index in [0.717, 1.165) is 5.56 Å². The number of nitrogens with zero attached hydrogens (tertiary/aromatic N) is 4. The Hall–Kier alpha value is -10.4. The van der Waals surface area contributed by atoms with Crippen LogP contribution in [0.2, 0.25) is 0 Å². The van der Waals surface area contributed by atoms with E-state index in [0.29, 0.717) is 76.3 Å². The summed E-state index contributed by atoms with van der Waals surface area (Å²) < 4.78 is 0. The number of guanidine groups is 3. The van der Waals surface area contributed by atoms with Gasteiger partial charge in [0.15, 0.2) is 17.9 Å². The second-order valence-electron chi connectivity index (χ2n) is 30.9. The van der Waals surface area contributed by atoms with E-state index < -0.39 is 143 Å². The lowest BCUT2D eigenvalue weighted by Gasteiger charge is -2.32. The molecule has 2 aromatic carbocycles. The van der Waals surface area contributed by atoms with E-state index in [-0.39, 0.29) is 164 Å². The molecule has 12 atom stereocenters. The van der Waals surface area contributed by atoms with Gasteiger partial charge >= 0.3 is 0 Å². The van der Waals surface area contributed by atoms with E-state index in [9.17, 15) is 48.3 Å². The molecule has 115 heavy (non-hydrogen) atoms. The normalized spacial score (nSPS) is 17.5. The monoisotopic (exact) mass is 1610 g/mol. The number of phenolic OH excluding ortho intramolecular Hbond substituents is 1. The molecule has 0 spiro atoms. The van der Waals surface area contributed by atoms with E-state index >= 15 is 14.4 Å². The van der Waals surface area contributed by atoms with Crippen molar-refractivity contribution < 1.29 is 62.6 Å². The van der Waals surface area contributed by atoms with Crippen LogP contribution in [0.15, 0.2) is 69.6 Å². The summed E-state index contributed by atoms with van der Waals surface area (Å²) in [5.74, 6) is -10.4. The summed E-state index contributed by atoms with van der Waals surface area (Å²) in [6.45, 7) is 11.6. The van der Waals surface area contributed by atoms with Crippen molar-refractivity contribution in [3.05, 3.63) is 65.7 Å². The van der Waals surface area contributed by atoms with Gasteiger partial charge < -0.3 is 121 Å². The van der Waals surface area contributed by atoms with Gasteiger partial charge in [0.2, 0.25) is 70.9 Å². The number of aliphatic imine (C=N–C) groups is 3. The minimum Gasteiger partial charge on any atom is -0.508 e. The van der Waals surface area contributed by atoms with E-state index in [2.05, 4.69) is 68.1 Å². The summed E-state index contributed by atoms with van der Waals surface area (Å²) in [7, 11) is 0. The number of aromatic hydroxyl groups is 1. The summed E-state index contributed by atoms with van der Waals surface area (Å²) in [4.78, 5) is 186. The van der Waals surface area contributed by atoms with Crippen LogP contribution in [0.4, 0.5) is 0 Å². The van der Waals surface area contributed by atoms with Gasteiger partial charge in [-0.15, -0.1) is 0 Å². The predicted molar refractivity (Wildman–Crippen MR) is 439 cm³/mol. The van der Waals surface area contributed by atoms with Crippen molar-refractivity contribution in [2.45, 2.75) is 262 Å². The highest BCUT2D eigenvalue weighted by Gasteiger charge is 2.42. The molecule has 0 aromatic heterocycles. The largest absolute Gasteiger partial charge is 0.508 e. The smallest absolute Gasteiger partial charge is 0.245 e. The van der Waals surface area contributed by atoms with Crippen LogP contribution in [0.5, 0.6) is 5.75 Å². The molecule has 0 bridgehead atoms. The van der Waals surface area contributed by atoms with Gasteiger partial charge in [0.1, 0.15) is 66.2 Å². The van der Waals surface area contributed by atoms with Crippen LogP contribution < -0.4 is 111 Å². The first-order chi connectivity index (χ1) is 54.6. The molecule has 0 radical (unpaired) electrons. The average molecular weight is 1610 g/mol. The Kier molecular flexibility index (Phi) is 43.3. The number of likely N-dealkylation sites (tertiary alicyclic amines) is 1. The molecular formula is C78H132N24O13. The first-order valence-corrected chi connectivity index (χ1v) is 40.4. The molecule has 12 amide bonds. The molecule has 1 heterocycles. The van der Waals surface area contributed by atoms with Gasteiger partial charge in [-0.3, -0.25) is 72.5 Å². The fraction of sp³-hybridized carbons (Fsp3) is 0.654. The molecule has 1 saturated heterocycles. The lowest BCUT2D eigenvalue weighted by Crippen LogP contribution is -2.61. The first-order valence-electron chi connectivity index (χ1n) is 40.4. The Balaban J connectivity index is 1.61. The quantitative estimate of drug-likeness (QED) is 0.0186. The lowest BCUT2D eigenvalue weighted by molar-refractivity contribution is -0.143. The number of rotatable bonds is 52. The average Bonchev–Trinajstić information content (AvgIpc) is 1.71. The minimum atomic E-state index is -1.45. The number of amides is 12. The SMILES string of the molecule is CC[C@H](C)[C@H](NC(=O)[C@H](CCCN=C(N)N)NC(=O)[C@H](CCCN=C(N)N)NC(=O)[C@H](CC(C)C)NC(=O)[C@H](Cc1ccccc1)NC(=O)C1CCC(NC(=O)[C@@H](N)Cc2ccc(O)cc2)CC1)C(=O)N[C@@H](CCCN=C(N)N)C(=O)N1CCC[C@H]1C(=O)N[C@@H](CCCCN)C(=O)N[C@@H](CC(C)C)C(=O)N[C@@H](CCCCN)C(N)=O. The van der Waals surface area contributed by atoms with Crippen molar-refractivity contribution in [2.75, 3.05) is 39.3 Å². The fourth-order valence-corrected chi connectivity index (χ4v) is 13.7. The Labute approximate surface area is 675 Å². The van der Waals surface area contributed by atoms with Crippen LogP contribution in [0.25, 0.3) is 0 Å². The van der Waals surface area contributed by atoms with Crippen molar-refractivity contribution in [2.24, 2.45) is 96.0 Å². The van der Waals surface area contributed by atoms with Gasteiger partial charge in [-0.25, -0.2) is 0 Å². The van der Waals surface area contributed by atoms with Crippen LogP contribution in [0.1, 0.15) is 188 Å². The van der Waals surface area contributed by atoms with Crippen molar-refractivity contribution in [3.63, 3.8) is 0 Å². The molecule has 37 heteroatoms. The fourth-order valence-electron chi connectivity index (χ4n) is 13.7. The van der Waals surface area contributed by atoms with Crippen molar-refractivity contribution >= 4 is 88.8 Å². The molecule has 2 fully saturated rings. The standard InChI is InChI=1S/C78H132N24O13/c1-7-47(6)63(74(114)97-58(25-17-39-91-78(87)88)75(115)102-40-18-26-62(102)73(113)96-55(22-12-14-36-80)68(108)99-59(41-45(2)3)70(110)93-54(64(82)104)21-11-13-35-79)101-69(109)57(24-16-38-90-77(85)86)94-67(107)56(23-15-37-89-76(83)84)95-71(111)60(42-46(4)5)100-72(112)61(44-48-19-9-8-10-20-48)98-65(105)50-29-31-51(32-30-50)92-66(106)53(81)43-49-27-33-52(103)34-28-49/h8-10,19-20,27-28,33-34,45-47,50-51,53-63,103H,7,11-18,21-26,29-32,35-44,79-81H2,1-6H3,(H2,82,104)(H,92,106)(H,93,110)(H,94,107)(H,95,111)(H,96,113)(H,97,114)(H,98,105)(H,99,108)(H,100,112)(H,101,109)(H4,83,84,89)(H4,85,86,90)(H4,87,88,91)/t47-,50?,51?,53-,54-,55-,56-,57-,58-,59-,60-,61-,62-,63-/m0/s1. The Morgan fingerprint density at radius 1 is 0.452 bits per heavy atom. The number of benzene rings is 2. The number of carbonyl (C=O) groups is 12.